The molecule has 3 aromatic rings. The maximum absolute atomic E-state index is 12.2. The van der Waals surface area contributed by atoms with Gasteiger partial charge in [0.25, 0.3) is 5.91 Å². The molecule has 0 radical (unpaired) electrons. The van der Waals surface area contributed by atoms with E-state index in [1.165, 1.54) is 6.92 Å². The van der Waals surface area contributed by atoms with Crippen molar-refractivity contribution in [2.24, 2.45) is 0 Å². The highest BCUT2D eigenvalue weighted by atomic mass is 16.2. The van der Waals surface area contributed by atoms with Crippen molar-refractivity contribution in [2.45, 2.75) is 6.92 Å². The summed E-state index contributed by atoms with van der Waals surface area (Å²) in [6.45, 7) is 1.44. The molecule has 0 aliphatic heterocycles. The number of nitrogens with one attached hydrogen (secondary N) is 3. The molecule has 0 aliphatic carbocycles. The first-order valence-electron chi connectivity index (χ1n) is 8.33. The number of hydrogen-bond donors (Lipinski definition) is 3. The summed E-state index contributed by atoms with van der Waals surface area (Å²) in [4.78, 5) is 23.4. The van der Waals surface area contributed by atoms with Crippen LogP contribution in [0.25, 0.3) is 0 Å². The average Bonchev–Trinajstić information content (AvgIpc) is 2.69. The van der Waals surface area contributed by atoms with Crippen molar-refractivity contribution in [3.8, 4) is 6.07 Å². The van der Waals surface area contributed by atoms with Crippen molar-refractivity contribution in [3.05, 3.63) is 71.9 Å². The first-order valence-corrected chi connectivity index (χ1v) is 8.33. The Morgan fingerprint density at radius 1 is 0.893 bits per heavy atom. The zero-order valence-corrected chi connectivity index (χ0v) is 14.9. The quantitative estimate of drug-likeness (QED) is 0.632. The lowest BCUT2D eigenvalue weighted by Gasteiger charge is -2.08. The van der Waals surface area contributed by atoms with E-state index in [-0.39, 0.29) is 11.6 Å². The molecule has 0 saturated heterocycles. The van der Waals surface area contributed by atoms with Crippen molar-refractivity contribution >= 4 is 34.7 Å². The Balaban J connectivity index is 1.65. The molecule has 0 atom stereocenters. The van der Waals surface area contributed by atoms with Crippen LogP contribution >= 0.6 is 0 Å². The minimum absolute atomic E-state index is 0.155. The van der Waals surface area contributed by atoms with Crippen molar-refractivity contribution in [2.75, 3.05) is 16.0 Å². The number of rotatable bonds is 5. The molecule has 3 N–H and O–H groups in total. The SMILES string of the molecule is CC(=O)Nc1cccc(Nc2ccc(C(=O)Nc3ccc(C#N)cc3)nn2)c1. The number of nitriles is 1. The monoisotopic (exact) mass is 372 g/mol. The molecular weight excluding hydrogens is 356 g/mol. The summed E-state index contributed by atoms with van der Waals surface area (Å²) in [7, 11) is 0. The fraction of sp³-hybridized carbons (Fsp3) is 0.0500. The van der Waals surface area contributed by atoms with Gasteiger partial charge in [-0.05, 0) is 54.6 Å². The van der Waals surface area contributed by atoms with E-state index < -0.39 is 5.91 Å². The van der Waals surface area contributed by atoms with Gasteiger partial charge in [0.05, 0.1) is 11.6 Å². The number of amides is 2. The second-order valence-corrected chi connectivity index (χ2v) is 5.83. The molecule has 2 aromatic carbocycles. The first-order chi connectivity index (χ1) is 13.5. The van der Waals surface area contributed by atoms with Gasteiger partial charge in [0.15, 0.2) is 11.5 Å². The summed E-state index contributed by atoms with van der Waals surface area (Å²) in [6.07, 6.45) is 0. The van der Waals surface area contributed by atoms with Crippen LogP contribution in [0.15, 0.2) is 60.7 Å². The lowest BCUT2D eigenvalue weighted by molar-refractivity contribution is -0.114. The minimum Gasteiger partial charge on any atom is -0.339 e. The molecule has 0 aliphatic rings. The highest BCUT2D eigenvalue weighted by Gasteiger charge is 2.09. The molecule has 0 saturated carbocycles. The second-order valence-electron chi connectivity index (χ2n) is 5.83. The lowest BCUT2D eigenvalue weighted by atomic mass is 10.2. The topological polar surface area (TPSA) is 120 Å². The number of benzene rings is 2. The van der Waals surface area contributed by atoms with Gasteiger partial charge in [0.1, 0.15) is 0 Å². The van der Waals surface area contributed by atoms with Crippen molar-refractivity contribution < 1.29 is 9.59 Å². The van der Waals surface area contributed by atoms with E-state index in [2.05, 4.69) is 26.1 Å². The molecule has 0 unspecified atom stereocenters. The summed E-state index contributed by atoms with van der Waals surface area (Å²) in [5.74, 6) is -0.110. The molecule has 0 bridgehead atoms. The molecule has 2 amide bonds. The van der Waals surface area contributed by atoms with Crippen LogP contribution in [0.2, 0.25) is 0 Å². The van der Waals surface area contributed by atoms with Gasteiger partial charge in [-0.15, -0.1) is 10.2 Å². The van der Waals surface area contributed by atoms with E-state index in [1.54, 1.807) is 54.6 Å². The number of carbonyl (C=O) groups is 2. The molecule has 28 heavy (non-hydrogen) atoms. The minimum atomic E-state index is -0.406. The number of hydrogen-bond acceptors (Lipinski definition) is 6. The standard InChI is InChI=1S/C20H16N6O2/c1-13(27)22-16-3-2-4-17(11-16)23-19-10-9-18(25-26-19)20(28)24-15-7-5-14(12-21)6-8-15/h2-11H,1H3,(H,22,27)(H,23,26)(H,24,28). The van der Waals surface area contributed by atoms with Crippen molar-refractivity contribution in [1.82, 2.24) is 10.2 Å². The van der Waals surface area contributed by atoms with Crippen LogP contribution in [-0.4, -0.2) is 22.0 Å². The summed E-state index contributed by atoms with van der Waals surface area (Å²) in [6, 6.07) is 18.8. The maximum Gasteiger partial charge on any atom is 0.276 e. The molecule has 1 heterocycles. The first kappa shape index (κ1) is 18.5. The van der Waals surface area contributed by atoms with Crippen LogP contribution < -0.4 is 16.0 Å². The molecule has 0 spiro atoms. The number of anilines is 4. The van der Waals surface area contributed by atoms with Crippen LogP contribution in [0, 0.1) is 11.3 Å². The predicted octanol–water partition coefficient (Wildman–Crippen LogP) is 3.30. The summed E-state index contributed by atoms with van der Waals surface area (Å²) in [5, 5.41) is 25.2. The van der Waals surface area contributed by atoms with E-state index in [1.807, 2.05) is 12.1 Å². The van der Waals surface area contributed by atoms with E-state index in [0.29, 0.717) is 22.8 Å². The highest BCUT2D eigenvalue weighted by molar-refractivity contribution is 6.02. The maximum atomic E-state index is 12.2. The third-order valence-corrected chi connectivity index (χ3v) is 3.62. The van der Waals surface area contributed by atoms with Gasteiger partial charge in [-0.25, -0.2) is 0 Å². The molecule has 1 aromatic heterocycles. The fourth-order valence-electron chi connectivity index (χ4n) is 2.37. The van der Waals surface area contributed by atoms with Gasteiger partial charge in [-0.3, -0.25) is 9.59 Å². The fourth-order valence-corrected chi connectivity index (χ4v) is 2.37. The zero-order valence-electron chi connectivity index (χ0n) is 14.9. The zero-order chi connectivity index (χ0) is 19.9. The van der Waals surface area contributed by atoms with Gasteiger partial charge >= 0.3 is 0 Å². The van der Waals surface area contributed by atoms with E-state index in [4.69, 9.17) is 5.26 Å². The van der Waals surface area contributed by atoms with Crippen LogP contribution in [-0.2, 0) is 4.79 Å². The normalized spacial score (nSPS) is 9.86. The van der Waals surface area contributed by atoms with Crippen LogP contribution in [0.4, 0.5) is 22.9 Å². The van der Waals surface area contributed by atoms with Gasteiger partial charge in [0.2, 0.25) is 5.91 Å². The molecular formula is C20H16N6O2. The van der Waals surface area contributed by atoms with Gasteiger partial charge < -0.3 is 16.0 Å². The molecule has 3 rings (SSSR count). The Bertz CT molecular complexity index is 1040. The highest BCUT2D eigenvalue weighted by Crippen LogP contribution is 2.19. The molecule has 0 fully saturated rings. The van der Waals surface area contributed by atoms with Gasteiger partial charge in [0, 0.05) is 24.0 Å². The average molecular weight is 372 g/mol. The second kappa shape index (κ2) is 8.42. The Morgan fingerprint density at radius 2 is 1.64 bits per heavy atom. The Labute approximate surface area is 161 Å². The third-order valence-electron chi connectivity index (χ3n) is 3.62. The van der Waals surface area contributed by atoms with E-state index in [9.17, 15) is 9.59 Å². The van der Waals surface area contributed by atoms with Crippen LogP contribution in [0.1, 0.15) is 23.0 Å². The van der Waals surface area contributed by atoms with Crippen LogP contribution in [0.5, 0.6) is 0 Å². The molecule has 138 valence electrons. The Morgan fingerprint density at radius 3 is 2.29 bits per heavy atom. The molecule has 8 heteroatoms. The van der Waals surface area contributed by atoms with Gasteiger partial charge in [-0.1, -0.05) is 6.07 Å². The number of carbonyl (C=O) groups excluding carboxylic acids is 2. The van der Waals surface area contributed by atoms with Crippen molar-refractivity contribution in [3.63, 3.8) is 0 Å². The molecule has 8 nitrogen and oxygen atoms in total. The summed E-state index contributed by atoms with van der Waals surface area (Å²) < 4.78 is 0. The van der Waals surface area contributed by atoms with E-state index in [0.717, 1.165) is 5.69 Å². The largest absolute Gasteiger partial charge is 0.339 e. The Hall–Kier alpha value is -4.25. The smallest absolute Gasteiger partial charge is 0.276 e. The van der Waals surface area contributed by atoms with Gasteiger partial charge in [-0.2, -0.15) is 5.26 Å². The van der Waals surface area contributed by atoms with Crippen molar-refractivity contribution in [1.29, 1.82) is 5.26 Å². The summed E-state index contributed by atoms with van der Waals surface area (Å²) in [5.41, 5.74) is 2.60. The Kier molecular flexibility index (Phi) is 5.58. The third kappa shape index (κ3) is 4.89. The number of aromatic nitrogens is 2. The predicted molar refractivity (Wildman–Crippen MR) is 105 cm³/mol. The van der Waals surface area contributed by atoms with Crippen LogP contribution in [0.3, 0.4) is 0 Å². The lowest BCUT2D eigenvalue weighted by Crippen LogP contribution is -2.14. The number of nitrogens with zero attached hydrogens (tertiary/aromatic N) is 3. The summed E-state index contributed by atoms with van der Waals surface area (Å²) >= 11 is 0. The van der Waals surface area contributed by atoms with E-state index >= 15 is 0 Å².